The Morgan fingerprint density at radius 3 is 2.56 bits per heavy atom. The molecular weight excluding hydrogens is 273 g/mol. The van der Waals surface area contributed by atoms with Gasteiger partial charge in [-0.2, -0.15) is 0 Å². The lowest BCUT2D eigenvalue weighted by Gasteiger charge is -2.03. The third kappa shape index (κ3) is 5.29. The van der Waals surface area contributed by atoms with Crippen LogP contribution in [0.5, 0.6) is 0 Å². The van der Waals surface area contributed by atoms with Crippen molar-refractivity contribution in [2.45, 2.75) is 13.3 Å². The van der Waals surface area contributed by atoms with Crippen molar-refractivity contribution in [1.82, 2.24) is 15.8 Å². The van der Waals surface area contributed by atoms with Gasteiger partial charge < -0.3 is 0 Å². The Morgan fingerprint density at radius 2 is 2.06 bits per heavy atom. The van der Waals surface area contributed by atoms with E-state index in [9.17, 15) is 9.59 Å². The smallest absolute Gasteiger partial charge is 0.253 e. The molecule has 8 heteroatoms. The lowest BCUT2D eigenvalue weighted by molar-refractivity contribution is -0.127. The van der Waals surface area contributed by atoms with Gasteiger partial charge in [0.05, 0.1) is 6.42 Å². The standard InChI is InChI=1S/C8H10ClN3O2S.ClH/c1-5-4-15-8(10-5)2-6(13)11-12-7(14)3-9;/h4H,2-3H2,1H3,(H,11,13)(H,12,14);1H. The number of hydrogen-bond donors (Lipinski definition) is 2. The van der Waals surface area contributed by atoms with Crippen LogP contribution >= 0.6 is 35.3 Å². The highest BCUT2D eigenvalue weighted by Gasteiger charge is 2.07. The quantitative estimate of drug-likeness (QED) is 0.637. The first-order chi connectivity index (χ1) is 7.11. The van der Waals surface area contributed by atoms with Crippen molar-refractivity contribution in [3.05, 3.63) is 16.1 Å². The summed E-state index contributed by atoms with van der Waals surface area (Å²) < 4.78 is 0. The molecule has 0 atom stereocenters. The molecule has 5 nitrogen and oxygen atoms in total. The fourth-order valence-electron chi connectivity index (χ4n) is 0.838. The van der Waals surface area contributed by atoms with Crippen LogP contribution in [-0.2, 0) is 16.0 Å². The maximum atomic E-state index is 11.2. The first kappa shape index (κ1) is 15.2. The Bertz CT molecular complexity index is 370. The predicted octanol–water partition coefficient (Wildman–Crippen LogP) is 0.802. The zero-order valence-corrected chi connectivity index (χ0v) is 10.8. The van der Waals surface area contributed by atoms with Crippen LogP contribution in [0.3, 0.4) is 0 Å². The minimum absolute atomic E-state index is 0. The van der Waals surface area contributed by atoms with Crippen LogP contribution in [0.25, 0.3) is 0 Å². The SMILES string of the molecule is Cc1csc(CC(=O)NNC(=O)CCl)n1.Cl. The van der Waals surface area contributed by atoms with Gasteiger partial charge >= 0.3 is 0 Å². The molecule has 1 aromatic heterocycles. The third-order valence-electron chi connectivity index (χ3n) is 1.44. The molecule has 0 bridgehead atoms. The Labute approximate surface area is 108 Å². The molecule has 1 rings (SSSR count). The number of halogens is 2. The monoisotopic (exact) mass is 283 g/mol. The summed E-state index contributed by atoms with van der Waals surface area (Å²) >= 11 is 6.63. The first-order valence-corrected chi connectivity index (χ1v) is 5.58. The Hall–Kier alpha value is -0.850. The van der Waals surface area contributed by atoms with Gasteiger partial charge in [-0.05, 0) is 6.92 Å². The maximum Gasteiger partial charge on any atom is 0.253 e. The van der Waals surface area contributed by atoms with Crippen LogP contribution < -0.4 is 10.9 Å². The van der Waals surface area contributed by atoms with Crippen LogP contribution in [-0.4, -0.2) is 22.7 Å². The van der Waals surface area contributed by atoms with Crippen molar-refractivity contribution < 1.29 is 9.59 Å². The summed E-state index contributed by atoms with van der Waals surface area (Å²) in [6.45, 7) is 1.85. The Balaban J connectivity index is 0.00000225. The summed E-state index contributed by atoms with van der Waals surface area (Å²) in [5.74, 6) is -0.945. The van der Waals surface area contributed by atoms with Crippen molar-refractivity contribution in [3.8, 4) is 0 Å². The van der Waals surface area contributed by atoms with Gasteiger partial charge in [0.25, 0.3) is 5.91 Å². The zero-order chi connectivity index (χ0) is 11.3. The van der Waals surface area contributed by atoms with Crippen LogP contribution in [0.2, 0.25) is 0 Å². The number of nitrogens with zero attached hydrogens (tertiary/aromatic N) is 1. The van der Waals surface area contributed by atoms with Gasteiger partial charge in [0.1, 0.15) is 10.9 Å². The second kappa shape index (κ2) is 7.43. The zero-order valence-electron chi connectivity index (χ0n) is 8.45. The largest absolute Gasteiger partial charge is 0.273 e. The number of thiazole rings is 1. The van der Waals surface area contributed by atoms with E-state index < -0.39 is 5.91 Å². The number of amides is 2. The molecule has 0 aliphatic heterocycles. The average molecular weight is 284 g/mol. The normalized spacial score (nSPS) is 9.12. The second-order valence-electron chi connectivity index (χ2n) is 2.79. The number of rotatable bonds is 3. The summed E-state index contributed by atoms with van der Waals surface area (Å²) in [4.78, 5) is 26.1. The Kier molecular flexibility index (Phi) is 7.03. The summed E-state index contributed by atoms with van der Waals surface area (Å²) in [6.07, 6.45) is 0.154. The fourth-order valence-corrected chi connectivity index (χ4v) is 1.68. The summed E-state index contributed by atoms with van der Waals surface area (Å²) in [6, 6.07) is 0. The van der Waals surface area contributed by atoms with E-state index in [1.165, 1.54) is 11.3 Å². The molecule has 0 aliphatic carbocycles. The van der Waals surface area contributed by atoms with Gasteiger partial charge in [0.2, 0.25) is 5.91 Å². The molecule has 0 radical (unpaired) electrons. The minimum Gasteiger partial charge on any atom is -0.273 e. The maximum absolute atomic E-state index is 11.2. The lowest BCUT2D eigenvalue weighted by atomic mass is 10.4. The van der Waals surface area contributed by atoms with Crippen molar-refractivity contribution in [3.63, 3.8) is 0 Å². The molecule has 0 saturated carbocycles. The number of carbonyl (C=O) groups excluding carboxylic acids is 2. The third-order valence-corrected chi connectivity index (χ3v) is 2.65. The van der Waals surface area contributed by atoms with Crippen molar-refractivity contribution in [2.24, 2.45) is 0 Å². The van der Waals surface area contributed by atoms with E-state index in [2.05, 4.69) is 15.8 Å². The van der Waals surface area contributed by atoms with E-state index in [1.54, 1.807) is 0 Å². The van der Waals surface area contributed by atoms with Crippen molar-refractivity contribution >= 4 is 47.2 Å². The highest BCUT2D eigenvalue weighted by Crippen LogP contribution is 2.08. The molecule has 2 amide bonds. The number of hydrogen-bond acceptors (Lipinski definition) is 4. The van der Waals surface area contributed by atoms with Gasteiger partial charge in [0, 0.05) is 11.1 Å². The van der Waals surface area contributed by atoms with Crippen molar-refractivity contribution in [1.29, 1.82) is 0 Å². The van der Waals surface area contributed by atoms with E-state index in [1.807, 2.05) is 12.3 Å². The number of alkyl halides is 1. The summed E-state index contributed by atoms with van der Waals surface area (Å²) in [5, 5.41) is 2.57. The number of carbonyl (C=O) groups is 2. The molecule has 16 heavy (non-hydrogen) atoms. The van der Waals surface area contributed by atoms with E-state index >= 15 is 0 Å². The fraction of sp³-hybridized carbons (Fsp3) is 0.375. The van der Waals surface area contributed by atoms with Gasteiger partial charge in [-0.3, -0.25) is 20.4 Å². The molecule has 1 heterocycles. The highest BCUT2D eigenvalue weighted by molar-refractivity contribution is 7.09. The number of hydrazine groups is 1. The van der Waals surface area contributed by atoms with Gasteiger partial charge in [-0.25, -0.2) is 4.98 Å². The first-order valence-electron chi connectivity index (χ1n) is 4.16. The topological polar surface area (TPSA) is 71.1 Å². The van der Waals surface area contributed by atoms with Crippen molar-refractivity contribution in [2.75, 3.05) is 5.88 Å². The second-order valence-corrected chi connectivity index (χ2v) is 4.00. The number of aryl methyl sites for hydroxylation is 1. The molecule has 0 saturated heterocycles. The molecule has 90 valence electrons. The predicted molar refractivity (Wildman–Crippen MR) is 64.8 cm³/mol. The molecule has 1 aromatic rings. The molecule has 0 spiro atoms. The average Bonchev–Trinajstić information content (AvgIpc) is 2.60. The van der Waals surface area contributed by atoms with Crippen LogP contribution in [0.4, 0.5) is 0 Å². The van der Waals surface area contributed by atoms with Crippen LogP contribution in [0.1, 0.15) is 10.7 Å². The minimum atomic E-state index is -0.444. The van der Waals surface area contributed by atoms with Crippen LogP contribution in [0, 0.1) is 6.92 Å². The van der Waals surface area contributed by atoms with E-state index in [0.29, 0.717) is 5.01 Å². The number of aromatic nitrogens is 1. The molecule has 0 aromatic carbocycles. The van der Waals surface area contributed by atoms with Gasteiger partial charge in [-0.15, -0.1) is 35.3 Å². The van der Waals surface area contributed by atoms with Gasteiger partial charge in [-0.1, -0.05) is 0 Å². The highest BCUT2D eigenvalue weighted by atomic mass is 35.5. The Morgan fingerprint density at radius 1 is 1.44 bits per heavy atom. The van der Waals surface area contributed by atoms with Gasteiger partial charge in [0.15, 0.2) is 0 Å². The van der Waals surface area contributed by atoms with E-state index in [-0.39, 0.29) is 30.6 Å². The summed E-state index contributed by atoms with van der Waals surface area (Å²) in [7, 11) is 0. The molecular formula is C8H11Cl2N3O2S. The summed E-state index contributed by atoms with van der Waals surface area (Å²) in [5.41, 5.74) is 5.28. The molecule has 0 aliphatic rings. The van der Waals surface area contributed by atoms with E-state index in [4.69, 9.17) is 11.6 Å². The number of nitrogens with one attached hydrogen (secondary N) is 2. The van der Waals surface area contributed by atoms with Crippen LogP contribution in [0.15, 0.2) is 5.38 Å². The molecule has 2 N–H and O–H groups in total. The lowest BCUT2D eigenvalue weighted by Crippen LogP contribution is -2.42. The molecule has 0 unspecified atom stereocenters. The molecule has 0 fully saturated rings. The van der Waals surface area contributed by atoms with E-state index in [0.717, 1.165) is 5.69 Å².